The summed E-state index contributed by atoms with van der Waals surface area (Å²) in [5, 5.41) is 0.562. The van der Waals surface area contributed by atoms with Crippen LogP contribution < -0.4 is 0 Å². The molecule has 1 unspecified atom stereocenters. The van der Waals surface area contributed by atoms with E-state index in [0.29, 0.717) is 17.1 Å². The Kier molecular flexibility index (Phi) is 5.24. The van der Waals surface area contributed by atoms with Crippen molar-refractivity contribution in [2.24, 2.45) is 0 Å². The summed E-state index contributed by atoms with van der Waals surface area (Å²) in [4.78, 5) is 21.2. The highest BCUT2D eigenvalue weighted by molar-refractivity contribution is 7.99. The number of amides is 1. The molecule has 2 aromatic rings. The summed E-state index contributed by atoms with van der Waals surface area (Å²) in [5.41, 5.74) is 1.60. The molecule has 4 rings (SSSR count). The van der Waals surface area contributed by atoms with Crippen LogP contribution in [0.2, 0.25) is 0 Å². The van der Waals surface area contributed by atoms with Gasteiger partial charge in [-0.3, -0.25) is 9.69 Å². The Labute approximate surface area is 151 Å². The Hall–Kier alpha value is -1.57. The normalized spacial score (nSPS) is 21.9. The van der Waals surface area contributed by atoms with E-state index in [1.807, 2.05) is 29.2 Å². The van der Waals surface area contributed by atoms with Gasteiger partial charge in [-0.2, -0.15) is 0 Å². The fourth-order valence-electron chi connectivity index (χ4n) is 3.38. The maximum absolute atomic E-state index is 12.4. The molecule has 0 aliphatic carbocycles. The largest absolute Gasteiger partial charge is 0.431 e. The summed E-state index contributed by atoms with van der Waals surface area (Å²) < 4.78 is 11.4. The fraction of sp³-hybridized carbons (Fsp3) is 0.556. The summed E-state index contributed by atoms with van der Waals surface area (Å²) >= 11 is 1.37. The highest BCUT2D eigenvalue weighted by Crippen LogP contribution is 2.23. The van der Waals surface area contributed by atoms with Gasteiger partial charge in [-0.25, -0.2) is 4.98 Å². The van der Waals surface area contributed by atoms with E-state index in [1.54, 1.807) is 0 Å². The lowest BCUT2D eigenvalue weighted by Crippen LogP contribution is -2.50. The smallest absolute Gasteiger partial charge is 0.257 e. The molecular formula is C18H23N3O3S. The number of rotatable bonds is 5. The summed E-state index contributed by atoms with van der Waals surface area (Å²) in [6.45, 7) is 5.34. The molecule has 2 aliphatic rings. The number of para-hydroxylation sites is 2. The number of aromatic nitrogens is 1. The molecule has 25 heavy (non-hydrogen) atoms. The fourth-order valence-corrected chi connectivity index (χ4v) is 4.12. The summed E-state index contributed by atoms with van der Waals surface area (Å²) in [5.74, 6) is 0.530. The Morgan fingerprint density at radius 3 is 2.84 bits per heavy atom. The van der Waals surface area contributed by atoms with Gasteiger partial charge in [0.05, 0.1) is 11.9 Å². The van der Waals surface area contributed by atoms with E-state index in [0.717, 1.165) is 50.4 Å². The van der Waals surface area contributed by atoms with Crippen molar-refractivity contribution in [2.75, 3.05) is 45.1 Å². The number of fused-ring (bicyclic) bond motifs is 1. The van der Waals surface area contributed by atoms with Crippen LogP contribution in [0.15, 0.2) is 33.9 Å². The minimum absolute atomic E-state index is 0.157. The van der Waals surface area contributed by atoms with Crippen LogP contribution in [0.4, 0.5) is 0 Å². The predicted octanol–water partition coefficient (Wildman–Crippen LogP) is 2.24. The third-order valence-corrected chi connectivity index (χ3v) is 5.62. The molecule has 0 radical (unpaired) electrons. The zero-order valence-electron chi connectivity index (χ0n) is 14.2. The van der Waals surface area contributed by atoms with Gasteiger partial charge in [0.25, 0.3) is 5.22 Å². The van der Waals surface area contributed by atoms with Gasteiger partial charge in [-0.1, -0.05) is 23.9 Å². The molecule has 0 bridgehead atoms. The van der Waals surface area contributed by atoms with Gasteiger partial charge in [0, 0.05) is 39.3 Å². The lowest BCUT2D eigenvalue weighted by molar-refractivity contribution is -0.130. The van der Waals surface area contributed by atoms with E-state index in [9.17, 15) is 4.79 Å². The first-order valence-corrected chi connectivity index (χ1v) is 9.86. The molecule has 0 N–H and O–H groups in total. The molecule has 3 heterocycles. The van der Waals surface area contributed by atoms with Crippen molar-refractivity contribution >= 4 is 28.8 Å². The van der Waals surface area contributed by atoms with Gasteiger partial charge in [-0.05, 0) is 25.0 Å². The lowest BCUT2D eigenvalue weighted by atomic mass is 10.2. The number of hydrogen-bond donors (Lipinski definition) is 0. The Morgan fingerprint density at radius 2 is 2.08 bits per heavy atom. The molecule has 0 saturated carbocycles. The van der Waals surface area contributed by atoms with Crippen molar-refractivity contribution < 1.29 is 13.9 Å². The van der Waals surface area contributed by atoms with Crippen LogP contribution in [-0.4, -0.2) is 71.9 Å². The molecule has 2 fully saturated rings. The van der Waals surface area contributed by atoms with Gasteiger partial charge in [0.2, 0.25) is 5.91 Å². The number of carbonyl (C=O) groups excluding carboxylic acids is 1. The first kappa shape index (κ1) is 16.9. The van der Waals surface area contributed by atoms with E-state index in [4.69, 9.17) is 9.15 Å². The van der Waals surface area contributed by atoms with E-state index in [2.05, 4.69) is 9.88 Å². The van der Waals surface area contributed by atoms with E-state index >= 15 is 0 Å². The van der Waals surface area contributed by atoms with Crippen molar-refractivity contribution in [3.8, 4) is 0 Å². The van der Waals surface area contributed by atoms with Crippen molar-refractivity contribution in [3.05, 3.63) is 24.3 Å². The van der Waals surface area contributed by atoms with Crippen LogP contribution in [0.25, 0.3) is 11.1 Å². The molecule has 0 spiro atoms. The van der Waals surface area contributed by atoms with Crippen LogP contribution in [0.3, 0.4) is 0 Å². The standard InChI is InChI=1S/C18H23N3O3S/c22-17(13-25-18-19-15-5-1-2-6-16(15)24-18)21-9-7-20(8-10-21)12-14-4-3-11-23-14/h1-2,5-6,14H,3-4,7-13H2. The zero-order chi connectivity index (χ0) is 17.1. The number of ether oxygens (including phenoxy) is 1. The molecule has 7 heteroatoms. The average Bonchev–Trinajstić information content (AvgIpc) is 3.29. The average molecular weight is 361 g/mol. The van der Waals surface area contributed by atoms with E-state index in [-0.39, 0.29) is 5.91 Å². The summed E-state index contributed by atoms with van der Waals surface area (Å²) in [6.07, 6.45) is 2.73. The summed E-state index contributed by atoms with van der Waals surface area (Å²) in [6, 6.07) is 7.66. The molecule has 2 aliphatic heterocycles. The van der Waals surface area contributed by atoms with Crippen LogP contribution in [0.1, 0.15) is 12.8 Å². The highest BCUT2D eigenvalue weighted by atomic mass is 32.2. The monoisotopic (exact) mass is 361 g/mol. The van der Waals surface area contributed by atoms with Gasteiger partial charge in [0.1, 0.15) is 5.52 Å². The molecule has 1 amide bonds. The molecule has 2 saturated heterocycles. The third kappa shape index (κ3) is 4.16. The quantitative estimate of drug-likeness (QED) is 0.762. The molecule has 134 valence electrons. The van der Waals surface area contributed by atoms with Gasteiger partial charge in [0.15, 0.2) is 5.58 Å². The number of carbonyl (C=O) groups is 1. The van der Waals surface area contributed by atoms with Crippen LogP contribution in [0.5, 0.6) is 0 Å². The number of piperazine rings is 1. The topological polar surface area (TPSA) is 58.8 Å². The third-order valence-electron chi connectivity index (χ3n) is 4.80. The molecule has 1 atom stereocenters. The predicted molar refractivity (Wildman–Crippen MR) is 96.7 cm³/mol. The zero-order valence-corrected chi connectivity index (χ0v) is 15.0. The van der Waals surface area contributed by atoms with Crippen molar-refractivity contribution in [2.45, 2.75) is 24.2 Å². The number of hydrogen-bond acceptors (Lipinski definition) is 6. The van der Waals surface area contributed by atoms with Crippen LogP contribution in [-0.2, 0) is 9.53 Å². The highest BCUT2D eigenvalue weighted by Gasteiger charge is 2.25. The van der Waals surface area contributed by atoms with E-state index in [1.165, 1.54) is 24.6 Å². The second-order valence-corrected chi connectivity index (χ2v) is 7.48. The van der Waals surface area contributed by atoms with Crippen LogP contribution in [0, 0.1) is 0 Å². The first-order valence-electron chi connectivity index (χ1n) is 8.88. The Balaban J connectivity index is 1.23. The van der Waals surface area contributed by atoms with Gasteiger partial charge >= 0.3 is 0 Å². The minimum atomic E-state index is 0.157. The number of nitrogens with zero attached hydrogens (tertiary/aromatic N) is 3. The number of oxazole rings is 1. The Morgan fingerprint density at radius 1 is 1.24 bits per heavy atom. The maximum Gasteiger partial charge on any atom is 0.257 e. The Bertz CT molecular complexity index is 688. The van der Waals surface area contributed by atoms with Gasteiger partial charge in [-0.15, -0.1) is 0 Å². The maximum atomic E-state index is 12.4. The number of thioether (sulfide) groups is 1. The molecule has 6 nitrogen and oxygen atoms in total. The molecule has 1 aromatic heterocycles. The second kappa shape index (κ2) is 7.76. The SMILES string of the molecule is O=C(CSc1nc2ccccc2o1)N1CCN(CC2CCCO2)CC1. The second-order valence-electron chi connectivity index (χ2n) is 6.55. The summed E-state index contributed by atoms with van der Waals surface area (Å²) in [7, 11) is 0. The number of benzene rings is 1. The molecule has 1 aromatic carbocycles. The minimum Gasteiger partial charge on any atom is -0.431 e. The van der Waals surface area contributed by atoms with Gasteiger partial charge < -0.3 is 14.1 Å². The van der Waals surface area contributed by atoms with Crippen molar-refractivity contribution in [1.82, 2.24) is 14.8 Å². The van der Waals surface area contributed by atoms with Crippen LogP contribution >= 0.6 is 11.8 Å². The van der Waals surface area contributed by atoms with Crippen molar-refractivity contribution in [1.29, 1.82) is 0 Å². The lowest BCUT2D eigenvalue weighted by Gasteiger charge is -2.35. The van der Waals surface area contributed by atoms with E-state index < -0.39 is 0 Å². The molecular weight excluding hydrogens is 338 g/mol. The van der Waals surface area contributed by atoms with Crippen molar-refractivity contribution in [3.63, 3.8) is 0 Å². The first-order chi connectivity index (χ1) is 12.3.